The van der Waals surface area contributed by atoms with Gasteiger partial charge in [0.15, 0.2) is 5.82 Å². The highest BCUT2D eigenvalue weighted by atomic mass is 16.5. The zero-order valence-electron chi connectivity index (χ0n) is 14.4. The first kappa shape index (κ1) is 16.9. The monoisotopic (exact) mass is 340 g/mol. The maximum Gasteiger partial charge on any atom is 0.258 e. The Morgan fingerprint density at radius 1 is 1.36 bits per heavy atom. The third-order valence-corrected chi connectivity index (χ3v) is 4.10. The van der Waals surface area contributed by atoms with Gasteiger partial charge < -0.3 is 9.84 Å². The van der Waals surface area contributed by atoms with E-state index >= 15 is 0 Å². The Hall–Kier alpha value is -2.96. The molecule has 0 aliphatic heterocycles. The first-order chi connectivity index (χ1) is 12.0. The van der Waals surface area contributed by atoms with Crippen LogP contribution >= 0.6 is 0 Å². The quantitative estimate of drug-likeness (QED) is 0.769. The van der Waals surface area contributed by atoms with Crippen LogP contribution in [0.15, 0.2) is 39.6 Å². The van der Waals surface area contributed by atoms with Gasteiger partial charge in [-0.05, 0) is 26.3 Å². The molecular weight excluding hydrogens is 320 g/mol. The largest absolute Gasteiger partial charge is 0.352 e. The van der Waals surface area contributed by atoms with Crippen molar-refractivity contribution in [1.82, 2.24) is 20.0 Å². The van der Waals surface area contributed by atoms with Gasteiger partial charge in [-0.25, -0.2) is 0 Å². The molecule has 0 spiro atoms. The summed E-state index contributed by atoms with van der Waals surface area (Å²) in [7, 11) is 0. The van der Waals surface area contributed by atoms with Crippen molar-refractivity contribution in [1.29, 1.82) is 0 Å². The summed E-state index contributed by atoms with van der Waals surface area (Å²) in [5.74, 6) is 0.598. The van der Waals surface area contributed by atoms with Crippen LogP contribution in [0.1, 0.15) is 26.1 Å². The zero-order valence-corrected chi connectivity index (χ0v) is 14.4. The van der Waals surface area contributed by atoms with Crippen molar-refractivity contribution in [3.05, 3.63) is 46.5 Å². The summed E-state index contributed by atoms with van der Waals surface area (Å²) in [5.41, 5.74) is 0.934. The van der Waals surface area contributed by atoms with Crippen molar-refractivity contribution in [3.8, 4) is 11.5 Å². The molecule has 130 valence electrons. The molecule has 0 aliphatic carbocycles. The van der Waals surface area contributed by atoms with E-state index in [4.69, 9.17) is 4.52 Å². The Morgan fingerprint density at radius 3 is 2.80 bits per heavy atom. The predicted molar refractivity (Wildman–Crippen MR) is 94.1 cm³/mol. The molecule has 7 nitrogen and oxygen atoms in total. The van der Waals surface area contributed by atoms with Gasteiger partial charge in [0, 0.05) is 17.5 Å². The van der Waals surface area contributed by atoms with Gasteiger partial charge >= 0.3 is 0 Å². The maximum atomic E-state index is 12.6. The van der Waals surface area contributed by atoms with E-state index in [9.17, 15) is 9.59 Å². The summed E-state index contributed by atoms with van der Waals surface area (Å²) >= 11 is 0. The van der Waals surface area contributed by atoms with E-state index < -0.39 is 0 Å². The molecule has 0 saturated carbocycles. The maximum absolute atomic E-state index is 12.6. The van der Waals surface area contributed by atoms with Crippen LogP contribution < -0.4 is 10.9 Å². The molecular formula is C18H20N4O3. The fourth-order valence-corrected chi connectivity index (χ4v) is 2.65. The lowest BCUT2D eigenvalue weighted by Gasteiger charge is -2.14. The molecule has 0 saturated heterocycles. The average Bonchev–Trinajstić information content (AvgIpc) is 3.03. The highest BCUT2D eigenvalue weighted by Crippen LogP contribution is 2.25. The third kappa shape index (κ3) is 3.45. The molecule has 0 radical (unpaired) electrons. The SMILES string of the molecule is CC[C@H](C)NC(=O)Cn1c(=O)cc(-c2nc(C)no2)c2ccccc21. The van der Waals surface area contributed by atoms with Gasteiger partial charge in [0.2, 0.25) is 5.91 Å². The van der Waals surface area contributed by atoms with Crippen molar-refractivity contribution in [2.75, 3.05) is 0 Å². The van der Waals surface area contributed by atoms with Crippen LogP contribution in [0.25, 0.3) is 22.4 Å². The van der Waals surface area contributed by atoms with E-state index in [1.807, 2.05) is 32.0 Å². The second kappa shape index (κ2) is 6.88. The van der Waals surface area contributed by atoms with Crippen LogP contribution in [0, 0.1) is 6.92 Å². The number of benzene rings is 1. The predicted octanol–water partition coefficient (Wildman–Crippen LogP) is 2.27. The Morgan fingerprint density at radius 2 is 2.12 bits per heavy atom. The van der Waals surface area contributed by atoms with Crippen LogP contribution in [-0.4, -0.2) is 26.7 Å². The lowest BCUT2D eigenvalue weighted by Crippen LogP contribution is -2.37. The van der Waals surface area contributed by atoms with Gasteiger partial charge in [-0.2, -0.15) is 4.98 Å². The number of nitrogens with one attached hydrogen (secondary N) is 1. The number of fused-ring (bicyclic) bond motifs is 1. The minimum absolute atomic E-state index is 0.0349. The fraction of sp³-hybridized carbons (Fsp3) is 0.333. The lowest BCUT2D eigenvalue weighted by molar-refractivity contribution is -0.122. The van der Waals surface area contributed by atoms with Crippen LogP contribution in [0.5, 0.6) is 0 Å². The van der Waals surface area contributed by atoms with Gasteiger partial charge in [0.1, 0.15) is 6.54 Å². The smallest absolute Gasteiger partial charge is 0.258 e. The first-order valence-electron chi connectivity index (χ1n) is 8.22. The number of pyridine rings is 1. The van der Waals surface area contributed by atoms with Crippen LogP contribution in [-0.2, 0) is 11.3 Å². The van der Waals surface area contributed by atoms with Crippen LogP contribution in [0.2, 0.25) is 0 Å². The fourth-order valence-electron chi connectivity index (χ4n) is 2.65. The normalized spacial score (nSPS) is 12.3. The molecule has 3 aromatic rings. The molecule has 2 aromatic heterocycles. The minimum Gasteiger partial charge on any atom is -0.352 e. The molecule has 1 N–H and O–H groups in total. The van der Waals surface area contributed by atoms with Gasteiger partial charge in [0.05, 0.1) is 11.1 Å². The van der Waals surface area contributed by atoms with Crippen LogP contribution in [0.4, 0.5) is 0 Å². The van der Waals surface area contributed by atoms with E-state index in [2.05, 4.69) is 15.5 Å². The number of carbonyl (C=O) groups is 1. The van der Waals surface area contributed by atoms with E-state index in [-0.39, 0.29) is 24.1 Å². The number of rotatable bonds is 5. The Labute approximate surface area is 144 Å². The number of carbonyl (C=O) groups excluding carboxylic acids is 1. The van der Waals surface area contributed by atoms with Crippen LogP contribution in [0.3, 0.4) is 0 Å². The molecule has 0 fully saturated rings. The first-order valence-corrected chi connectivity index (χ1v) is 8.22. The number of nitrogens with zero attached hydrogens (tertiary/aromatic N) is 3. The van der Waals surface area contributed by atoms with E-state index in [0.717, 1.165) is 11.8 Å². The third-order valence-electron chi connectivity index (χ3n) is 4.10. The second-order valence-electron chi connectivity index (χ2n) is 6.02. The molecule has 0 unspecified atom stereocenters. The van der Waals surface area contributed by atoms with Crippen molar-refractivity contribution in [3.63, 3.8) is 0 Å². The van der Waals surface area contributed by atoms with Crippen molar-refractivity contribution < 1.29 is 9.32 Å². The Balaban J connectivity index is 2.08. The number of para-hydroxylation sites is 1. The number of aromatic nitrogens is 3. The topological polar surface area (TPSA) is 90.0 Å². The molecule has 1 atom stereocenters. The molecule has 0 aliphatic rings. The van der Waals surface area contributed by atoms with Crippen molar-refractivity contribution in [2.24, 2.45) is 0 Å². The van der Waals surface area contributed by atoms with Crippen molar-refractivity contribution in [2.45, 2.75) is 39.8 Å². The Bertz CT molecular complexity index is 974. The summed E-state index contributed by atoms with van der Waals surface area (Å²) in [5, 5.41) is 7.44. The van der Waals surface area contributed by atoms with E-state index in [1.54, 1.807) is 13.0 Å². The molecule has 7 heteroatoms. The molecule has 2 heterocycles. The van der Waals surface area contributed by atoms with Gasteiger partial charge in [-0.1, -0.05) is 30.3 Å². The second-order valence-corrected chi connectivity index (χ2v) is 6.02. The van der Waals surface area contributed by atoms with Gasteiger partial charge in [-0.3, -0.25) is 14.2 Å². The van der Waals surface area contributed by atoms with Gasteiger partial charge in [0.25, 0.3) is 11.4 Å². The molecule has 25 heavy (non-hydrogen) atoms. The number of aryl methyl sites for hydroxylation is 1. The van der Waals surface area contributed by atoms with Gasteiger partial charge in [-0.15, -0.1) is 0 Å². The number of hydrogen-bond donors (Lipinski definition) is 1. The highest BCUT2D eigenvalue weighted by molar-refractivity contribution is 5.93. The van der Waals surface area contributed by atoms with E-state index in [1.165, 1.54) is 10.6 Å². The molecule has 3 rings (SSSR count). The standard InChI is InChI=1S/C18H20N4O3/c1-4-11(2)19-16(23)10-22-15-8-6-5-7-13(15)14(9-17(22)24)18-20-12(3)21-25-18/h5-9,11H,4,10H2,1-3H3,(H,19,23)/t11-/m0/s1. The highest BCUT2D eigenvalue weighted by Gasteiger charge is 2.16. The lowest BCUT2D eigenvalue weighted by atomic mass is 10.1. The zero-order chi connectivity index (χ0) is 18.0. The number of amides is 1. The molecule has 0 bridgehead atoms. The summed E-state index contributed by atoms with van der Waals surface area (Å²) in [4.78, 5) is 29.1. The van der Waals surface area contributed by atoms with E-state index in [0.29, 0.717) is 22.8 Å². The average molecular weight is 340 g/mol. The minimum atomic E-state index is -0.288. The summed E-state index contributed by atoms with van der Waals surface area (Å²) in [6.07, 6.45) is 0.830. The number of hydrogen-bond acceptors (Lipinski definition) is 5. The summed E-state index contributed by atoms with van der Waals surface area (Å²) in [6, 6.07) is 8.87. The Kier molecular flexibility index (Phi) is 4.65. The molecule has 1 aromatic carbocycles. The summed E-state index contributed by atoms with van der Waals surface area (Å²) in [6.45, 7) is 5.61. The van der Waals surface area contributed by atoms with Crippen molar-refractivity contribution >= 4 is 16.8 Å². The summed E-state index contributed by atoms with van der Waals surface area (Å²) < 4.78 is 6.67. The molecule has 1 amide bonds.